The van der Waals surface area contributed by atoms with Crippen LogP contribution in [0.25, 0.3) is 0 Å². The zero-order chi connectivity index (χ0) is 9.23. The van der Waals surface area contributed by atoms with Crippen molar-refractivity contribution in [3.63, 3.8) is 0 Å². The maximum Gasteiger partial charge on any atom is 0.0520 e. The summed E-state index contributed by atoms with van der Waals surface area (Å²) in [6.45, 7) is 2.24. The van der Waals surface area contributed by atoms with Crippen molar-refractivity contribution in [2.24, 2.45) is 11.5 Å². The lowest BCUT2D eigenvalue weighted by Crippen LogP contribution is -2.29. The first-order chi connectivity index (χ1) is 5.77. The van der Waals surface area contributed by atoms with Crippen LogP contribution in [-0.4, -0.2) is 6.17 Å². The van der Waals surface area contributed by atoms with Gasteiger partial charge in [0.05, 0.1) is 6.17 Å². The Labute approximate surface area is 88.9 Å². The van der Waals surface area contributed by atoms with E-state index in [-0.39, 0.29) is 18.6 Å². The van der Waals surface area contributed by atoms with Crippen molar-refractivity contribution in [3.8, 4) is 0 Å². The molecule has 0 amide bonds. The van der Waals surface area contributed by atoms with E-state index in [1.807, 2.05) is 0 Å². The van der Waals surface area contributed by atoms with E-state index in [4.69, 9.17) is 11.5 Å². The van der Waals surface area contributed by atoms with Crippen molar-refractivity contribution < 1.29 is 0 Å². The second kappa shape index (κ2) is 12.2. The Morgan fingerprint density at radius 1 is 0.846 bits per heavy atom. The van der Waals surface area contributed by atoms with E-state index in [0.29, 0.717) is 0 Å². The van der Waals surface area contributed by atoms with Gasteiger partial charge in [0.15, 0.2) is 0 Å². The van der Waals surface area contributed by atoms with Crippen LogP contribution >= 0.6 is 12.4 Å². The Morgan fingerprint density at radius 3 is 1.77 bits per heavy atom. The fourth-order valence-corrected chi connectivity index (χ4v) is 1.34. The highest BCUT2D eigenvalue weighted by Gasteiger charge is 1.94. The van der Waals surface area contributed by atoms with Crippen molar-refractivity contribution in [3.05, 3.63) is 0 Å². The molecule has 0 rings (SSSR count). The molecule has 82 valence electrons. The van der Waals surface area contributed by atoms with Gasteiger partial charge in [-0.15, -0.1) is 12.4 Å². The number of hydrogen-bond donors (Lipinski definition) is 2. The highest BCUT2D eigenvalue weighted by atomic mass is 35.5. The van der Waals surface area contributed by atoms with E-state index in [2.05, 4.69) is 6.92 Å². The summed E-state index contributed by atoms with van der Waals surface area (Å²) in [5.74, 6) is 0. The van der Waals surface area contributed by atoms with Gasteiger partial charge in [0.2, 0.25) is 0 Å². The van der Waals surface area contributed by atoms with E-state index in [0.717, 1.165) is 6.42 Å². The van der Waals surface area contributed by atoms with Gasteiger partial charge in [-0.3, -0.25) is 0 Å². The van der Waals surface area contributed by atoms with Crippen molar-refractivity contribution in [2.75, 3.05) is 0 Å². The van der Waals surface area contributed by atoms with Crippen molar-refractivity contribution in [1.82, 2.24) is 0 Å². The van der Waals surface area contributed by atoms with Gasteiger partial charge in [0, 0.05) is 0 Å². The van der Waals surface area contributed by atoms with Gasteiger partial charge >= 0.3 is 0 Å². The Kier molecular flexibility index (Phi) is 14.7. The standard InChI is InChI=1S/C10H24N2.ClH/c1-2-3-4-5-6-7-8-9-10(11)12;/h10H,2-9,11-12H2,1H3;1H. The largest absolute Gasteiger partial charge is 0.316 e. The monoisotopic (exact) mass is 208 g/mol. The molecular formula is C10H25ClN2. The molecule has 0 aromatic carbocycles. The number of nitrogens with two attached hydrogens (primary N) is 2. The average Bonchev–Trinajstić information content (AvgIpc) is 2.02. The Hall–Kier alpha value is 0.210. The first-order valence-electron chi connectivity index (χ1n) is 5.28. The van der Waals surface area contributed by atoms with E-state index in [1.165, 1.54) is 44.9 Å². The summed E-state index contributed by atoms with van der Waals surface area (Å²) in [5.41, 5.74) is 10.9. The Morgan fingerprint density at radius 2 is 1.31 bits per heavy atom. The van der Waals surface area contributed by atoms with Crippen LogP contribution in [0.2, 0.25) is 0 Å². The van der Waals surface area contributed by atoms with E-state index in [1.54, 1.807) is 0 Å². The van der Waals surface area contributed by atoms with Gasteiger partial charge in [0.1, 0.15) is 0 Å². The molecule has 4 N–H and O–H groups in total. The van der Waals surface area contributed by atoms with E-state index >= 15 is 0 Å². The van der Waals surface area contributed by atoms with Crippen LogP contribution in [0, 0.1) is 0 Å². The molecule has 0 aliphatic heterocycles. The van der Waals surface area contributed by atoms with Crippen LogP contribution in [0.4, 0.5) is 0 Å². The minimum absolute atomic E-state index is 0. The lowest BCUT2D eigenvalue weighted by Gasteiger charge is -2.04. The minimum atomic E-state index is -0.0966. The molecule has 0 fully saturated rings. The van der Waals surface area contributed by atoms with Crippen molar-refractivity contribution in [1.29, 1.82) is 0 Å². The SMILES string of the molecule is CCCCCCCCCC(N)N.Cl. The number of rotatable bonds is 8. The van der Waals surface area contributed by atoms with Crippen LogP contribution in [0.1, 0.15) is 58.3 Å². The molecule has 2 nitrogen and oxygen atoms in total. The fourth-order valence-electron chi connectivity index (χ4n) is 1.34. The predicted molar refractivity (Wildman–Crippen MR) is 62.0 cm³/mol. The van der Waals surface area contributed by atoms with Gasteiger partial charge in [0.25, 0.3) is 0 Å². The van der Waals surface area contributed by atoms with Gasteiger partial charge < -0.3 is 11.5 Å². The molecule has 0 bridgehead atoms. The second-order valence-corrected chi connectivity index (χ2v) is 3.57. The Bertz CT molecular complexity index is 87.0. The molecule has 0 unspecified atom stereocenters. The second-order valence-electron chi connectivity index (χ2n) is 3.57. The zero-order valence-corrected chi connectivity index (χ0v) is 9.61. The molecular weight excluding hydrogens is 184 g/mol. The molecule has 0 saturated carbocycles. The maximum absolute atomic E-state index is 5.43. The third-order valence-electron chi connectivity index (χ3n) is 2.14. The fraction of sp³-hybridized carbons (Fsp3) is 1.00. The third kappa shape index (κ3) is 15.0. The maximum atomic E-state index is 5.43. The summed E-state index contributed by atoms with van der Waals surface area (Å²) in [7, 11) is 0. The molecule has 0 aliphatic rings. The minimum Gasteiger partial charge on any atom is -0.316 e. The number of unbranched alkanes of at least 4 members (excludes halogenated alkanes) is 6. The first kappa shape index (κ1) is 15.7. The number of hydrogen-bond acceptors (Lipinski definition) is 2. The lowest BCUT2D eigenvalue weighted by molar-refractivity contribution is 0.538. The summed E-state index contributed by atoms with van der Waals surface area (Å²) >= 11 is 0. The Balaban J connectivity index is 0. The van der Waals surface area contributed by atoms with Gasteiger partial charge in [-0.1, -0.05) is 51.9 Å². The molecule has 0 heterocycles. The van der Waals surface area contributed by atoms with Gasteiger partial charge in [-0.2, -0.15) is 0 Å². The van der Waals surface area contributed by atoms with E-state index in [9.17, 15) is 0 Å². The van der Waals surface area contributed by atoms with Gasteiger partial charge in [-0.25, -0.2) is 0 Å². The van der Waals surface area contributed by atoms with Crippen LogP contribution in [-0.2, 0) is 0 Å². The zero-order valence-electron chi connectivity index (χ0n) is 8.80. The molecule has 0 saturated heterocycles. The average molecular weight is 209 g/mol. The summed E-state index contributed by atoms with van der Waals surface area (Å²) in [5, 5.41) is 0. The molecule has 0 aromatic rings. The van der Waals surface area contributed by atoms with Crippen LogP contribution in [0.3, 0.4) is 0 Å². The van der Waals surface area contributed by atoms with Crippen molar-refractivity contribution in [2.45, 2.75) is 64.5 Å². The third-order valence-corrected chi connectivity index (χ3v) is 2.14. The first-order valence-corrected chi connectivity index (χ1v) is 5.28. The normalized spacial score (nSPS) is 10.2. The molecule has 0 aromatic heterocycles. The molecule has 13 heavy (non-hydrogen) atoms. The molecule has 0 atom stereocenters. The highest BCUT2D eigenvalue weighted by Crippen LogP contribution is 2.08. The molecule has 0 radical (unpaired) electrons. The summed E-state index contributed by atoms with van der Waals surface area (Å²) in [6.07, 6.45) is 10.2. The summed E-state index contributed by atoms with van der Waals surface area (Å²) in [6, 6.07) is 0. The predicted octanol–water partition coefficient (Wildman–Crippen LogP) is 2.79. The van der Waals surface area contributed by atoms with Crippen LogP contribution in [0.5, 0.6) is 0 Å². The molecule has 0 spiro atoms. The summed E-state index contributed by atoms with van der Waals surface area (Å²) in [4.78, 5) is 0. The molecule has 3 heteroatoms. The van der Waals surface area contributed by atoms with Crippen LogP contribution in [0.15, 0.2) is 0 Å². The smallest absolute Gasteiger partial charge is 0.0520 e. The summed E-state index contributed by atoms with van der Waals surface area (Å²) < 4.78 is 0. The van der Waals surface area contributed by atoms with E-state index < -0.39 is 0 Å². The molecule has 0 aliphatic carbocycles. The van der Waals surface area contributed by atoms with Crippen LogP contribution < -0.4 is 11.5 Å². The quantitative estimate of drug-likeness (QED) is 0.476. The lowest BCUT2D eigenvalue weighted by atomic mass is 10.1. The van der Waals surface area contributed by atoms with Gasteiger partial charge in [-0.05, 0) is 6.42 Å². The topological polar surface area (TPSA) is 52.0 Å². The highest BCUT2D eigenvalue weighted by molar-refractivity contribution is 5.85. The number of halogens is 1. The van der Waals surface area contributed by atoms with Crippen molar-refractivity contribution >= 4 is 12.4 Å².